The maximum atomic E-state index is 12.0. The number of benzene rings is 3. The van der Waals surface area contributed by atoms with E-state index in [1.807, 2.05) is 18.2 Å². The van der Waals surface area contributed by atoms with Gasteiger partial charge in [0.05, 0.1) is 13.7 Å². The van der Waals surface area contributed by atoms with E-state index < -0.39 is 5.97 Å². The molecule has 0 spiro atoms. The first kappa shape index (κ1) is 27.0. The lowest BCUT2D eigenvalue weighted by Gasteiger charge is -2.57. The predicted octanol–water partition coefficient (Wildman–Crippen LogP) is 8.64. The number of methoxy groups -OCH3 is 1. The van der Waals surface area contributed by atoms with Gasteiger partial charge in [0.1, 0.15) is 18.1 Å². The first-order chi connectivity index (χ1) is 19.5. The molecule has 4 fully saturated rings. The Morgan fingerprint density at radius 2 is 1.68 bits per heavy atom. The zero-order chi connectivity index (χ0) is 27.7. The Bertz CT molecular complexity index is 1380. The van der Waals surface area contributed by atoms with Gasteiger partial charge in [-0.15, -0.1) is 0 Å². The average Bonchev–Trinajstić information content (AvgIpc) is 2.94. The molecule has 0 aliphatic heterocycles. The van der Waals surface area contributed by atoms with Crippen LogP contribution in [0.1, 0.15) is 62.1 Å². The quantitative estimate of drug-likeness (QED) is 0.195. The molecule has 208 valence electrons. The third-order valence-corrected chi connectivity index (χ3v) is 9.33. The molecule has 7 rings (SSSR count). The van der Waals surface area contributed by atoms with E-state index in [0.717, 1.165) is 45.8 Å². The third kappa shape index (κ3) is 5.39. The molecule has 0 amide bonds. The Kier molecular flexibility index (Phi) is 7.63. The smallest absolute Gasteiger partial charge is 0.330 e. The zero-order valence-electron chi connectivity index (χ0n) is 23.3. The summed E-state index contributed by atoms with van der Waals surface area (Å²) in [5.41, 5.74) is 5.32. The topological polar surface area (TPSA) is 44.8 Å². The number of rotatable bonds is 9. The normalized spacial score (nSPS) is 24.8. The van der Waals surface area contributed by atoms with Gasteiger partial charge in [0, 0.05) is 27.8 Å². The number of carbonyl (C=O) groups is 1. The second-order valence-electron chi connectivity index (χ2n) is 11.8. The van der Waals surface area contributed by atoms with Crippen molar-refractivity contribution in [3.8, 4) is 22.6 Å². The lowest BCUT2D eigenvalue weighted by atomic mass is 9.48. The fourth-order valence-electron chi connectivity index (χ4n) is 7.94. The highest BCUT2D eigenvalue weighted by molar-refractivity contribution is 6.31. The minimum absolute atomic E-state index is 0.148. The van der Waals surface area contributed by atoms with Crippen LogP contribution in [0.3, 0.4) is 0 Å². The maximum absolute atomic E-state index is 12.0. The molecule has 4 aliphatic rings. The van der Waals surface area contributed by atoms with Crippen molar-refractivity contribution in [2.45, 2.75) is 57.5 Å². The third-order valence-electron chi connectivity index (χ3n) is 9.11. The monoisotopic (exact) mass is 556 g/mol. The molecule has 3 aromatic carbocycles. The highest BCUT2D eigenvalue weighted by Crippen LogP contribution is 2.62. The second kappa shape index (κ2) is 11.3. The van der Waals surface area contributed by atoms with E-state index in [0.29, 0.717) is 24.0 Å². The number of hydrogen-bond donors (Lipinski definition) is 0. The number of ether oxygens (including phenoxy) is 3. The van der Waals surface area contributed by atoms with Gasteiger partial charge in [-0.25, -0.2) is 4.79 Å². The Balaban J connectivity index is 1.42. The fraction of sp³-hybridized carbons (Fsp3) is 0.400. The summed E-state index contributed by atoms with van der Waals surface area (Å²) in [7, 11) is 1.66. The summed E-state index contributed by atoms with van der Waals surface area (Å²) in [5, 5.41) is 0.583. The summed E-state index contributed by atoms with van der Waals surface area (Å²) in [6.45, 7) is 2.66. The Morgan fingerprint density at radius 1 is 0.975 bits per heavy atom. The Labute approximate surface area is 242 Å². The molecule has 0 N–H and O–H groups in total. The van der Waals surface area contributed by atoms with E-state index in [2.05, 4.69) is 42.5 Å². The molecule has 0 heterocycles. The maximum Gasteiger partial charge on any atom is 0.330 e. The first-order valence-electron chi connectivity index (χ1n) is 14.5. The number of hydrogen-bond acceptors (Lipinski definition) is 4. The molecule has 4 aliphatic carbocycles. The van der Waals surface area contributed by atoms with Crippen LogP contribution >= 0.6 is 11.6 Å². The molecule has 0 saturated heterocycles. The average molecular weight is 557 g/mol. The molecule has 4 nitrogen and oxygen atoms in total. The van der Waals surface area contributed by atoms with Crippen molar-refractivity contribution >= 4 is 23.6 Å². The van der Waals surface area contributed by atoms with Gasteiger partial charge in [0.25, 0.3) is 0 Å². The summed E-state index contributed by atoms with van der Waals surface area (Å²) in [6.07, 6.45) is 11.0. The van der Waals surface area contributed by atoms with Gasteiger partial charge in [0.2, 0.25) is 0 Å². The Morgan fingerprint density at radius 3 is 2.33 bits per heavy atom. The first-order valence-corrected chi connectivity index (χ1v) is 14.9. The summed E-state index contributed by atoms with van der Waals surface area (Å²) in [5.74, 6) is 3.72. The molecule has 3 aromatic rings. The van der Waals surface area contributed by atoms with Crippen LogP contribution in [0.5, 0.6) is 11.5 Å². The van der Waals surface area contributed by atoms with Crippen LogP contribution in [0.2, 0.25) is 5.02 Å². The van der Waals surface area contributed by atoms with Crippen molar-refractivity contribution in [1.82, 2.24) is 0 Å². The van der Waals surface area contributed by atoms with E-state index in [1.165, 1.54) is 50.2 Å². The largest absolute Gasteiger partial charge is 0.495 e. The van der Waals surface area contributed by atoms with Crippen molar-refractivity contribution in [2.24, 2.45) is 17.8 Å². The SMILES string of the molecule is CCOC(=O)C=Cc1cc(Cl)cc(-c2ccc(OCc3ccccc3)c(C34CC5CC(CC(C5)C3)C4)c2)c1OC. The lowest BCUT2D eigenvalue weighted by molar-refractivity contribution is -0.137. The fourth-order valence-corrected chi connectivity index (χ4v) is 8.17. The van der Waals surface area contributed by atoms with Crippen LogP contribution in [0, 0.1) is 17.8 Å². The highest BCUT2D eigenvalue weighted by Gasteiger charge is 2.52. The summed E-state index contributed by atoms with van der Waals surface area (Å²) >= 11 is 6.62. The van der Waals surface area contributed by atoms with Crippen molar-refractivity contribution in [2.75, 3.05) is 13.7 Å². The van der Waals surface area contributed by atoms with Crippen LogP contribution in [-0.4, -0.2) is 19.7 Å². The molecule has 0 aromatic heterocycles. The Hall–Kier alpha value is -3.24. The number of esters is 1. The molecule has 0 radical (unpaired) electrons. The van der Waals surface area contributed by atoms with Gasteiger partial charge in [0.15, 0.2) is 0 Å². The second-order valence-corrected chi connectivity index (χ2v) is 12.3. The van der Waals surface area contributed by atoms with Gasteiger partial charge in [-0.1, -0.05) is 48.0 Å². The van der Waals surface area contributed by atoms with Crippen LogP contribution in [0.15, 0.2) is 66.7 Å². The minimum Gasteiger partial charge on any atom is -0.495 e. The standard InChI is InChI=1S/C35H37ClO4/c1-3-39-33(37)12-10-28-16-29(36)18-30(34(28)38-2)27-9-11-32(40-22-23-7-5-4-6-8-23)31(17-27)35-19-24-13-25(20-35)15-26(14-24)21-35/h4-12,16-18,24-26H,3,13-15,19-22H2,1-2H3. The lowest BCUT2D eigenvalue weighted by Crippen LogP contribution is -2.48. The molecule has 4 saturated carbocycles. The number of carbonyl (C=O) groups excluding carboxylic acids is 1. The van der Waals surface area contributed by atoms with Crippen molar-refractivity contribution < 1.29 is 19.0 Å². The van der Waals surface area contributed by atoms with Crippen LogP contribution in [-0.2, 0) is 21.6 Å². The minimum atomic E-state index is -0.393. The van der Waals surface area contributed by atoms with Crippen molar-refractivity contribution in [1.29, 1.82) is 0 Å². The zero-order valence-corrected chi connectivity index (χ0v) is 24.1. The molecular weight excluding hydrogens is 520 g/mol. The van der Waals surface area contributed by atoms with E-state index >= 15 is 0 Å². The molecule has 5 heteroatoms. The van der Waals surface area contributed by atoms with E-state index in [9.17, 15) is 4.79 Å². The van der Waals surface area contributed by atoms with Crippen LogP contribution < -0.4 is 9.47 Å². The van der Waals surface area contributed by atoms with Gasteiger partial charge >= 0.3 is 5.97 Å². The van der Waals surface area contributed by atoms with Gasteiger partial charge in [-0.3, -0.25) is 0 Å². The highest BCUT2D eigenvalue weighted by atomic mass is 35.5. The van der Waals surface area contributed by atoms with Crippen molar-refractivity contribution in [3.63, 3.8) is 0 Å². The van der Waals surface area contributed by atoms with Crippen molar-refractivity contribution in [3.05, 3.63) is 88.5 Å². The van der Waals surface area contributed by atoms with Gasteiger partial charge in [-0.05, 0) is 110 Å². The van der Waals surface area contributed by atoms with E-state index in [4.69, 9.17) is 25.8 Å². The molecule has 40 heavy (non-hydrogen) atoms. The van der Waals surface area contributed by atoms with E-state index in [-0.39, 0.29) is 5.41 Å². The van der Waals surface area contributed by atoms with E-state index in [1.54, 1.807) is 20.1 Å². The number of halogens is 1. The van der Waals surface area contributed by atoms with Crippen LogP contribution in [0.4, 0.5) is 0 Å². The predicted molar refractivity (Wildman–Crippen MR) is 160 cm³/mol. The molecule has 0 atom stereocenters. The summed E-state index contributed by atoms with van der Waals surface area (Å²) < 4.78 is 17.6. The summed E-state index contributed by atoms with van der Waals surface area (Å²) in [6, 6.07) is 20.7. The molecule has 4 bridgehead atoms. The summed E-state index contributed by atoms with van der Waals surface area (Å²) in [4.78, 5) is 12.0. The van der Waals surface area contributed by atoms with Crippen LogP contribution in [0.25, 0.3) is 17.2 Å². The molecule has 0 unspecified atom stereocenters. The molecular formula is C35H37ClO4. The van der Waals surface area contributed by atoms with Gasteiger partial charge in [-0.2, -0.15) is 0 Å². The van der Waals surface area contributed by atoms with Gasteiger partial charge < -0.3 is 14.2 Å².